The summed E-state index contributed by atoms with van der Waals surface area (Å²) in [6.45, 7) is 4.76. The van der Waals surface area contributed by atoms with Gasteiger partial charge < -0.3 is 20.7 Å². The van der Waals surface area contributed by atoms with Crippen molar-refractivity contribution < 1.29 is 9.53 Å². The van der Waals surface area contributed by atoms with Crippen molar-refractivity contribution in [2.75, 3.05) is 46.9 Å². The second kappa shape index (κ2) is 12.3. The number of para-hydroxylation sites is 1. The minimum atomic E-state index is -0.218. The van der Waals surface area contributed by atoms with Crippen LogP contribution in [0.4, 0.5) is 0 Å². The average Bonchev–Trinajstić information content (AvgIpc) is 3.25. The van der Waals surface area contributed by atoms with E-state index in [0.717, 1.165) is 57.3 Å². The Hall–Kier alpha value is -1.55. The zero-order chi connectivity index (χ0) is 20.6. The summed E-state index contributed by atoms with van der Waals surface area (Å²) >= 11 is 0. The van der Waals surface area contributed by atoms with Gasteiger partial charge in [0.05, 0.1) is 13.2 Å². The van der Waals surface area contributed by atoms with Gasteiger partial charge in [-0.25, -0.2) is 0 Å². The molecule has 2 saturated heterocycles. The molecule has 2 atom stereocenters. The Bertz CT molecular complexity index is 709. The number of primary amides is 1. The molecule has 7 nitrogen and oxygen atoms in total. The number of nitrogens with one attached hydrogen (secondary N) is 1. The van der Waals surface area contributed by atoms with Gasteiger partial charge in [-0.1, -0.05) is 18.2 Å². The first kappa shape index (κ1) is 24.7. The lowest BCUT2D eigenvalue weighted by Crippen LogP contribution is -2.49. The molecule has 0 spiro atoms. The monoisotopic (exact) mass is 529 g/mol. The van der Waals surface area contributed by atoms with Gasteiger partial charge in [-0.3, -0.25) is 14.7 Å². The Kier molecular flexibility index (Phi) is 10.2. The second-order valence-corrected chi connectivity index (χ2v) is 8.05. The van der Waals surface area contributed by atoms with Crippen LogP contribution in [0.2, 0.25) is 0 Å². The lowest BCUT2D eigenvalue weighted by molar-refractivity contribution is -0.119. The molecule has 1 amide bonds. The summed E-state index contributed by atoms with van der Waals surface area (Å²) in [5.74, 6) is 1.92. The molecule has 0 radical (unpaired) electrons. The molecule has 8 heteroatoms. The first-order chi connectivity index (χ1) is 14.1. The quantitative estimate of drug-likeness (QED) is 0.323. The molecular formula is C22H36IN5O2. The first-order valence-corrected chi connectivity index (χ1v) is 10.7. The topological polar surface area (TPSA) is 83.2 Å². The third kappa shape index (κ3) is 6.47. The molecule has 0 aliphatic carbocycles. The number of likely N-dealkylation sites (tertiary alicyclic amines) is 2. The number of aliphatic imine (C=N–C) groups is 1. The van der Waals surface area contributed by atoms with E-state index >= 15 is 0 Å². The third-order valence-electron chi connectivity index (χ3n) is 6.05. The van der Waals surface area contributed by atoms with Gasteiger partial charge in [-0.2, -0.15) is 0 Å². The van der Waals surface area contributed by atoms with Crippen molar-refractivity contribution in [3.05, 3.63) is 29.8 Å². The van der Waals surface area contributed by atoms with Crippen LogP contribution < -0.4 is 15.8 Å². The number of hydrogen-bond acceptors (Lipinski definition) is 4. The summed E-state index contributed by atoms with van der Waals surface area (Å²) in [6, 6.07) is 8.52. The van der Waals surface area contributed by atoms with Gasteiger partial charge in [0, 0.05) is 38.7 Å². The molecule has 1 aromatic rings. The molecule has 30 heavy (non-hydrogen) atoms. The minimum absolute atomic E-state index is 0. The number of methoxy groups -OCH3 is 1. The van der Waals surface area contributed by atoms with E-state index in [0.29, 0.717) is 12.3 Å². The van der Waals surface area contributed by atoms with E-state index in [2.05, 4.69) is 32.2 Å². The fourth-order valence-corrected chi connectivity index (χ4v) is 4.66. The van der Waals surface area contributed by atoms with E-state index in [1.54, 1.807) is 7.11 Å². The van der Waals surface area contributed by atoms with Gasteiger partial charge in [0.15, 0.2) is 5.96 Å². The van der Waals surface area contributed by atoms with Crippen LogP contribution in [-0.2, 0) is 4.79 Å². The fourth-order valence-electron chi connectivity index (χ4n) is 4.66. The van der Waals surface area contributed by atoms with Crippen molar-refractivity contribution >= 4 is 35.8 Å². The van der Waals surface area contributed by atoms with Gasteiger partial charge in [0.1, 0.15) is 5.75 Å². The van der Waals surface area contributed by atoms with E-state index in [-0.39, 0.29) is 35.9 Å². The molecule has 0 saturated carbocycles. The predicted octanol–water partition coefficient (Wildman–Crippen LogP) is 2.61. The smallest absolute Gasteiger partial charge is 0.217 e. The molecule has 3 rings (SSSR count). The van der Waals surface area contributed by atoms with Crippen molar-refractivity contribution in [3.8, 4) is 5.75 Å². The standard InChI is InChI=1S/C22H35N5O2.HI/c1-24-22(27-13-7-8-17(16-27)14-21(23)28)25-15-19(26-11-5-6-12-26)18-9-3-4-10-20(18)29-2;/h3-4,9-10,17,19H,5-8,11-16H2,1-2H3,(H2,23,28)(H,24,25);1H. The van der Waals surface area contributed by atoms with E-state index in [1.807, 2.05) is 19.2 Å². The molecule has 0 bridgehead atoms. The van der Waals surface area contributed by atoms with Crippen molar-refractivity contribution in [2.24, 2.45) is 16.6 Å². The van der Waals surface area contributed by atoms with Crippen LogP contribution in [0.5, 0.6) is 5.75 Å². The number of amides is 1. The largest absolute Gasteiger partial charge is 0.496 e. The van der Waals surface area contributed by atoms with Crippen LogP contribution in [0.15, 0.2) is 29.3 Å². The van der Waals surface area contributed by atoms with E-state index in [1.165, 1.54) is 18.4 Å². The highest BCUT2D eigenvalue weighted by atomic mass is 127. The van der Waals surface area contributed by atoms with Crippen LogP contribution in [0.25, 0.3) is 0 Å². The number of carbonyl (C=O) groups excluding carboxylic acids is 1. The number of halogens is 1. The van der Waals surface area contributed by atoms with Gasteiger partial charge in [0.2, 0.25) is 5.91 Å². The number of ether oxygens (including phenoxy) is 1. The van der Waals surface area contributed by atoms with E-state index in [4.69, 9.17) is 10.5 Å². The van der Waals surface area contributed by atoms with Crippen molar-refractivity contribution in [2.45, 2.75) is 38.1 Å². The fraction of sp³-hybridized carbons (Fsp3) is 0.636. The molecule has 2 heterocycles. The number of piperidine rings is 1. The maximum Gasteiger partial charge on any atom is 0.217 e. The highest BCUT2D eigenvalue weighted by Crippen LogP contribution is 2.31. The van der Waals surface area contributed by atoms with Crippen LogP contribution >= 0.6 is 24.0 Å². The van der Waals surface area contributed by atoms with Crippen LogP contribution in [0.1, 0.15) is 43.7 Å². The van der Waals surface area contributed by atoms with Gasteiger partial charge >= 0.3 is 0 Å². The molecule has 0 aromatic heterocycles. The van der Waals surface area contributed by atoms with Crippen LogP contribution in [0.3, 0.4) is 0 Å². The van der Waals surface area contributed by atoms with Crippen LogP contribution in [0, 0.1) is 5.92 Å². The summed E-state index contributed by atoms with van der Waals surface area (Å²) in [5.41, 5.74) is 6.63. The van der Waals surface area contributed by atoms with Gasteiger partial charge in [-0.05, 0) is 50.8 Å². The maximum atomic E-state index is 11.3. The molecule has 3 N–H and O–H groups in total. The van der Waals surface area contributed by atoms with Crippen LogP contribution in [-0.4, -0.2) is 68.5 Å². The summed E-state index contributed by atoms with van der Waals surface area (Å²) < 4.78 is 5.65. The number of carbonyl (C=O) groups is 1. The zero-order valence-corrected chi connectivity index (χ0v) is 20.5. The maximum absolute atomic E-state index is 11.3. The Balaban J connectivity index is 0.00000320. The molecule has 2 fully saturated rings. The molecule has 1 aromatic carbocycles. The number of nitrogens with two attached hydrogens (primary N) is 1. The van der Waals surface area contributed by atoms with Crippen molar-refractivity contribution in [3.63, 3.8) is 0 Å². The Labute approximate surface area is 197 Å². The Morgan fingerprint density at radius 2 is 2.00 bits per heavy atom. The normalized spacial score (nSPS) is 21.1. The van der Waals surface area contributed by atoms with Crippen molar-refractivity contribution in [1.82, 2.24) is 15.1 Å². The minimum Gasteiger partial charge on any atom is -0.496 e. The van der Waals surface area contributed by atoms with E-state index < -0.39 is 0 Å². The number of guanidine groups is 1. The molecule has 168 valence electrons. The van der Waals surface area contributed by atoms with E-state index in [9.17, 15) is 4.79 Å². The lowest BCUT2D eigenvalue weighted by atomic mass is 9.95. The van der Waals surface area contributed by atoms with Crippen molar-refractivity contribution in [1.29, 1.82) is 0 Å². The molecule has 2 aliphatic rings. The molecule has 2 aliphatic heterocycles. The highest BCUT2D eigenvalue weighted by molar-refractivity contribution is 14.0. The summed E-state index contributed by atoms with van der Waals surface area (Å²) in [4.78, 5) is 20.7. The highest BCUT2D eigenvalue weighted by Gasteiger charge is 2.28. The zero-order valence-electron chi connectivity index (χ0n) is 18.2. The Morgan fingerprint density at radius 3 is 2.67 bits per heavy atom. The number of hydrogen-bond donors (Lipinski definition) is 2. The second-order valence-electron chi connectivity index (χ2n) is 8.05. The first-order valence-electron chi connectivity index (χ1n) is 10.7. The summed E-state index contributed by atoms with van der Waals surface area (Å²) in [5, 5.41) is 3.60. The number of benzene rings is 1. The Morgan fingerprint density at radius 1 is 1.27 bits per heavy atom. The SMILES string of the molecule is CN=C(NCC(c1ccccc1OC)N1CCCC1)N1CCCC(CC(N)=O)C1.I. The number of rotatable bonds is 7. The molecule has 2 unspecified atom stereocenters. The third-order valence-corrected chi connectivity index (χ3v) is 6.05. The summed E-state index contributed by atoms with van der Waals surface area (Å²) in [7, 11) is 3.56. The lowest BCUT2D eigenvalue weighted by Gasteiger charge is -2.36. The van der Waals surface area contributed by atoms with Gasteiger partial charge in [0.25, 0.3) is 0 Å². The summed E-state index contributed by atoms with van der Waals surface area (Å²) in [6.07, 6.45) is 5.03. The predicted molar refractivity (Wildman–Crippen MR) is 131 cm³/mol. The average molecular weight is 529 g/mol. The molecular weight excluding hydrogens is 493 g/mol. The van der Waals surface area contributed by atoms with Gasteiger partial charge in [-0.15, -0.1) is 24.0 Å². The number of nitrogens with zero attached hydrogens (tertiary/aromatic N) is 3.